The Bertz CT molecular complexity index is 409. The molecule has 2 nitrogen and oxygen atoms in total. The minimum absolute atomic E-state index is 0.189. The van der Waals surface area contributed by atoms with E-state index in [2.05, 4.69) is 45.1 Å². The Balaban J connectivity index is 2.44. The molecule has 1 atom stereocenters. The summed E-state index contributed by atoms with van der Waals surface area (Å²) in [7, 11) is 1.76. The van der Waals surface area contributed by atoms with E-state index >= 15 is 0 Å². The molecule has 16 heavy (non-hydrogen) atoms. The van der Waals surface area contributed by atoms with Crippen LogP contribution in [0.25, 0.3) is 0 Å². The smallest absolute Gasteiger partial charge is 0.122 e. The van der Waals surface area contributed by atoms with E-state index in [1.165, 1.54) is 16.7 Å². The summed E-state index contributed by atoms with van der Waals surface area (Å²) in [5, 5.41) is 3.46. The van der Waals surface area contributed by atoms with Gasteiger partial charge in [0.2, 0.25) is 0 Å². The van der Waals surface area contributed by atoms with E-state index in [1.54, 1.807) is 7.11 Å². The summed E-state index contributed by atoms with van der Waals surface area (Å²) in [5.41, 5.74) is 4.17. The third kappa shape index (κ3) is 1.71. The first-order valence-electron chi connectivity index (χ1n) is 5.86. The molecule has 0 spiro atoms. The summed E-state index contributed by atoms with van der Waals surface area (Å²) in [5.74, 6) is 1.59. The molecule has 1 aromatic rings. The highest BCUT2D eigenvalue weighted by Crippen LogP contribution is 2.40. The third-order valence-corrected chi connectivity index (χ3v) is 3.85. The minimum atomic E-state index is 0.189. The topological polar surface area (TPSA) is 21.3 Å². The molecule has 1 fully saturated rings. The molecule has 2 heteroatoms. The van der Waals surface area contributed by atoms with Gasteiger partial charge in [0.05, 0.1) is 7.11 Å². The first-order valence-corrected chi connectivity index (χ1v) is 5.86. The molecule has 1 N–H and O–H groups in total. The number of nitrogens with one attached hydrogen (secondary N) is 1. The largest absolute Gasteiger partial charge is 0.496 e. The Labute approximate surface area is 98.0 Å². The molecule has 1 unspecified atom stereocenters. The van der Waals surface area contributed by atoms with Crippen LogP contribution in [0.5, 0.6) is 5.75 Å². The van der Waals surface area contributed by atoms with E-state index in [0.29, 0.717) is 5.92 Å². The molecule has 0 amide bonds. The van der Waals surface area contributed by atoms with Gasteiger partial charge in [0.25, 0.3) is 0 Å². The summed E-state index contributed by atoms with van der Waals surface area (Å²) in [6.45, 7) is 9.83. The van der Waals surface area contributed by atoms with Crippen LogP contribution < -0.4 is 10.1 Å². The zero-order valence-corrected chi connectivity index (χ0v) is 10.8. The van der Waals surface area contributed by atoms with Crippen molar-refractivity contribution in [1.29, 1.82) is 0 Å². The summed E-state index contributed by atoms with van der Waals surface area (Å²) in [6.07, 6.45) is 0. The Kier molecular flexibility index (Phi) is 2.70. The highest BCUT2D eigenvalue weighted by atomic mass is 16.5. The molecule has 0 aromatic heterocycles. The molecule has 88 valence electrons. The lowest BCUT2D eigenvalue weighted by molar-refractivity contribution is 0.203. The Morgan fingerprint density at radius 1 is 1.25 bits per heavy atom. The fourth-order valence-electron chi connectivity index (χ4n) is 2.37. The van der Waals surface area contributed by atoms with Crippen molar-refractivity contribution in [2.24, 2.45) is 0 Å². The van der Waals surface area contributed by atoms with Crippen LogP contribution in [0.3, 0.4) is 0 Å². The third-order valence-electron chi connectivity index (χ3n) is 3.85. The highest BCUT2D eigenvalue weighted by Gasteiger charge is 2.40. The van der Waals surface area contributed by atoms with Crippen LogP contribution in [0.2, 0.25) is 0 Å². The average Bonchev–Trinajstić information content (AvgIpc) is 2.21. The summed E-state index contributed by atoms with van der Waals surface area (Å²) < 4.78 is 5.50. The van der Waals surface area contributed by atoms with Gasteiger partial charge in [-0.1, -0.05) is 6.07 Å². The van der Waals surface area contributed by atoms with Crippen LogP contribution in [0.15, 0.2) is 12.1 Å². The Morgan fingerprint density at radius 3 is 2.31 bits per heavy atom. The van der Waals surface area contributed by atoms with Crippen molar-refractivity contribution in [2.45, 2.75) is 39.2 Å². The van der Waals surface area contributed by atoms with Crippen LogP contribution in [-0.2, 0) is 0 Å². The fraction of sp³-hybridized carbons (Fsp3) is 0.571. The summed E-state index contributed by atoms with van der Waals surface area (Å²) in [6, 6.07) is 4.43. The van der Waals surface area contributed by atoms with Gasteiger partial charge in [-0.2, -0.15) is 0 Å². The van der Waals surface area contributed by atoms with Crippen LogP contribution in [-0.4, -0.2) is 19.2 Å². The molecule has 1 saturated heterocycles. The van der Waals surface area contributed by atoms with Crippen LogP contribution >= 0.6 is 0 Å². The summed E-state index contributed by atoms with van der Waals surface area (Å²) in [4.78, 5) is 0. The van der Waals surface area contributed by atoms with Gasteiger partial charge in [-0.15, -0.1) is 0 Å². The number of benzene rings is 1. The Morgan fingerprint density at radius 2 is 1.88 bits per heavy atom. The molecule has 0 saturated carbocycles. The predicted molar refractivity (Wildman–Crippen MR) is 67.3 cm³/mol. The second-order valence-electron chi connectivity index (χ2n) is 5.33. The normalized spacial score (nSPS) is 22.7. The highest BCUT2D eigenvalue weighted by molar-refractivity contribution is 5.46. The molecule has 2 rings (SSSR count). The number of hydrogen-bond donors (Lipinski definition) is 1. The van der Waals surface area contributed by atoms with Crippen molar-refractivity contribution >= 4 is 0 Å². The van der Waals surface area contributed by atoms with Crippen LogP contribution in [0, 0.1) is 13.8 Å². The molecule has 1 aliphatic heterocycles. The monoisotopic (exact) mass is 219 g/mol. The maximum Gasteiger partial charge on any atom is 0.122 e. The zero-order chi connectivity index (χ0) is 11.9. The van der Waals surface area contributed by atoms with Crippen molar-refractivity contribution in [3.8, 4) is 5.75 Å². The molecular formula is C14H21NO. The summed E-state index contributed by atoms with van der Waals surface area (Å²) >= 11 is 0. The average molecular weight is 219 g/mol. The van der Waals surface area contributed by atoms with E-state index in [1.807, 2.05) is 0 Å². The van der Waals surface area contributed by atoms with Crippen LogP contribution in [0.4, 0.5) is 0 Å². The standard InChI is InChI=1S/C14H21NO/c1-9-6-11(12-8-15-14(12,3)4)13(16-5)7-10(9)2/h6-7,12,15H,8H2,1-5H3. The maximum absolute atomic E-state index is 5.50. The second-order valence-corrected chi connectivity index (χ2v) is 5.33. The van der Waals surface area contributed by atoms with Crippen molar-refractivity contribution in [3.63, 3.8) is 0 Å². The molecule has 1 heterocycles. The van der Waals surface area contributed by atoms with Gasteiger partial charge < -0.3 is 10.1 Å². The molecule has 1 aromatic carbocycles. The van der Waals surface area contributed by atoms with Crippen LogP contribution in [0.1, 0.15) is 36.5 Å². The van der Waals surface area contributed by atoms with Crippen molar-refractivity contribution in [3.05, 3.63) is 28.8 Å². The molecule has 1 aliphatic rings. The number of rotatable bonds is 2. The minimum Gasteiger partial charge on any atom is -0.496 e. The van der Waals surface area contributed by atoms with E-state index < -0.39 is 0 Å². The number of methoxy groups -OCH3 is 1. The molecule has 0 bridgehead atoms. The van der Waals surface area contributed by atoms with Gasteiger partial charge >= 0.3 is 0 Å². The zero-order valence-electron chi connectivity index (χ0n) is 10.8. The lowest BCUT2D eigenvalue weighted by Gasteiger charge is -2.46. The van der Waals surface area contributed by atoms with E-state index in [4.69, 9.17) is 4.74 Å². The second kappa shape index (κ2) is 3.77. The van der Waals surface area contributed by atoms with Gasteiger partial charge in [-0.25, -0.2) is 0 Å². The number of hydrogen-bond acceptors (Lipinski definition) is 2. The fourth-order valence-corrected chi connectivity index (χ4v) is 2.37. The molecule has 0 aliphatic carbocycles. The van der Waals surface area contributed by atoms with Crippen molar-refractivity contribution < 1.29 is 4.74 Å². The quantitative estimate of drug-likeness (QED) is 0.826. The number of ether oxygens (including phenoxy) is 1. The van der Waals surface area contributed by atoms with Gasteiger partial charge in [0, 0.05) is 23.6 Å². The predicted octanol–water partition coefficient (Wildman–Crippen LogP) is 2.78. The van der Waals surface area contributed by atoms with Crippen molar-refractivity contribution in [1.82, 2.24) is 5.32 Å². The number of aryl methyl sites for hydroxylation is 2. The molecule has 0 radical (unpaired) electrons. The molecular weight excluding hydrogens is 198 g/mol. The van der Waals surface area contributed by atoms with Gasteiger partial charge in [-0.05, 0) is 44.9 Å². The lowest BCUT2D eigenvalue weighted by atomic mass is 9.74. The Hall–Kier alpha value is -1.02. The maximum atomic E-state index is 5.50. The van der Waals surface area contributed by atoms with E-state index in [0.717, 1.165) is 12.3 Å². The first-order chi connectivity index (χ1) is 7.45. The van der Waals surface area contributed by atoms with Gasteiger partial charge in [0.1, 0.15) is 5.75 Å². The van der Waals surface area contributed by atoms with E-state index in [9.17, 15) is 0 Å². The SMILES string of the molecule is COc1cc(C)c(C)cc1C1CNC1(C)C. The van der Waals surface area contributed by atoms with E-state index in [-0.39, 0.29) is 5.54 Å². The van der Waals surface area contributed by atoms with Gasteiger partial charge in [0.15, 0.2) is 0 Å². The van der Waals surface area contributed by atoms with Gasteiger partial charge in [-0.3, -0.25) is 0 Å². The first kappa shape index (κ1) is 11.5. The lowest BCUT2D eigenvalue weighted by Crippen LogP contribution is -2.59. The van der Waals surface area contributed by atoms with Crippen molar-refractivity contribution in [2.75, 3.05) is 13.7 Å².